The monoisotopic (exact) mass is 334 g/mol. The number of para-hydroxylation sites is 1. The van der Waals surface area contributed by atoms with E-state index in [1.54, 1.807) is 12.1 Å². The highest BCUT2D eigenvalue weighted by molar-refractivity contribution is 5.77. The van der Waals surface area contributed by atoms with Crippen LogP contribution in [0.15, 0.2) is 24.3 Å². The minimum Gasteiger partial charge on any atom is -0.389 e. The molecule has 2 aliphatic rings. The van der Waals surface area contributed by atoms with Crippen molar-refractivity contribution in [3.05, 3.63) is 30.1 Å². The van der Waals surface area contributed by atoms with Gasteiger partial charge in [0.25, 0.3) is 0 Å². The van der Waals surface area contributed by atoms with E-state index in [4.69, 9.17) is 0 Å². The van der Waals surface area contributed by atoms with Crippen molar-refractivity contribution in [1.82, 2.24) is 4.90 Å². The lowest BCUT2D eigenvalue weighted by Gasteiger charge is -2.37. The SMILES string of the molecule is O=C(CC1(O)CCCCC1)N1CCC(Nc2ccccc2F)CC1. The van der Waals surface area contributed by atoms with Gasteiger partial charge in [-0.2, -0.15) is 0 Å². The van der Waals surface area contributed by atoms with E-state index in [9.17, 15) is 14.3 Å². The van der Waals surface area contributed by atoms with Crippen molar-refractivity contribution in [1.29, 1.82) is 0 Å². The zero-order valence-electron chi connectivity index (χ0n) is 14.1. The third-order valence-electron chi connectivity index (χ3n) is 5.35. The number of halogens is 1. The molecule has 5 heteroatoms. The number of nitrogens with zero attached hydrogens (tertiary/aromatic N) is 1. The molecular weight excluding hydrogens is 307 g/mol. The van der Waals surface area contributed by atoms with E-state index in [-0.39, 0.29) is 24.2 Å². The Hall–Kier alpha value is -1.62. The summed E-state index contributed by atoms with van der Waals surface area (Å²) in [5.41, 5.74) is -0.267. The molecule has 1 aromatic rings. The fraction of sp³-hybridized carbons (Fsp3) is 0.632. The lowest BCUT2D eigenvalue weighted by molar-refractivity contribution is -0.138. The minimum atomic E-state index is -0.794. The molecule has 3 rings (SSSR count). The van der Waals surface area contributed by atoms with Crippen LogP contribution in [0.5, 0.6) is 0 Å². The van der Waals surface area contributed by atoms with Gasteiger partial charge in [-0.05, 0) is 37.8 Å². The molecule has 0 aromatic heterocycles. The molecule has 1 heterocycles. The van der Waals surface area contributed by atoms with Crippen LogP contribution < -0.4 is 5.32 Å². The molecule has 0 atom stereocenters. The van der Waals surface area contributed by atoms with E-state index in [0.29, 0.717) is 18.8 Å². The molecule has 1 saturated heterocycles. The van der Waals surface area contributed by atoms with Crippen molar-refractivity contribution in [2.24, 2.45) is 0 Å². The average molecular weight is 334 g/mol. The van der Waals surface area contributed by atoms with Gasteiger partial charge in [-0.15, -0.1) is 0 Å². The highest BCUT2D eigenvalue weighted by atomic mass is 19.1. The van der Waals surface area contributed by atoms with Crippen LogP contribution in [0.2, 0.25) is 0 Å². The molecule has 0 spiro atoms. The Morgan fingerprint density at radius 1 is 1.21 bits per heavy atom. The van der Waals surface area contributed by atoms with Gasteiger partial charge in [0.15, 0.2) is 0 Å². The fourth-order valence-electron chi connectivity index (χ4n) is 3.85. The quantitative estimate of drug-likeness (QED) is 0.888. The van der Waals surface area contributed by atoms with Crippen molar-refractivity contribution < 1.29 is 14.3 Å². The van der Waals surface area contributed by atoms with Gasteiger partial charge in [0.2, 0.25) is 5.91 Å². The first-order valence-corrected chi connectivity index (χ1v) is 9.07. The van der Waals surface area contributed by atoms with Crippen molar-refractivity contribution in [3.8, 4) is 0 Å². The number of amides is 1. The molecule has 1 aliphatic heterocycles. The summed E-state index contributed by atoms with van der Waals surface area (Å²) in [6.45, 7) is 1.34. The van der Waals surface area contributed by atoms with E-state index >= 15 is 0 Å². The predicted octanol–water partition coefficient (Wildman–Crippen LogP) is 3.31. The Labute approximate surface area is 143 Å². The normalized spacial score (nSPS) is 21.5. The number of benzene rings is 1. The number of hydrogen-bond acceptors (Lipinski definition) is 3. The number of aliphatic hydroxyl groups is 1. The molecule has 0 bridgehead atoms. The van der Waals surface area contributed by atoms with Gasteiger partial charge in [0.1, 0.15) is 5.82 Å². The minimum absolute atomic E-state index is 0.0590. The third kappa shape index (κ3) is 4.26. The van der Waals surface area contributed by atoms with Crippen molar-refractivity contribution >= 4 is 11.6 Å². The summed E-state index contributed by atoms with van der Waals surface area (Å²) < 4.78 is 13.7. The van der Waals surface area contributed by atoms with Crippen molar-refractivity contribution in [2.45, 2.75) is 63.0 Å². The predicted molar refractivity (Wildman–Crippen MR) is 92.3 cm³/mol. The number of carbonyl (C=O) groups is 1. The van der Waals surface area contributed by atoms with Gasteiger partial charge < -0.3 is 15.3 Å². The Morgan fingerprint density at radius 2 is 1.88 bits per heavy atom. The first-order valence-electron chi connectivity index (χ1n) is 9.07. The molecule has 2 fully saturated rings. The van der Waals surface area contributed by atoms with Gasteiger partial charge in [-0.25, -0.2) is 4.39 Å². The standard InChI is InChI=1S/C19H27FN2O2/c20-16-6-2-3-7-17(16)21-15-8-12-22(13-9-15)18(23)14-19(24)10-4-1-5-11-19/h2-3,6-7,15,21,24H,1,4-5,8-14H2. The highest BCUT2D eigenvalue weighted by Crippen LogP contribution is 2.31. The molecule has 1 aliphatic carbocycles. The zero-order chi connectivity index (χ0) is 17.0. The first-order chi connectivity index (χ1) is 11.6. The molecule has 2 N–H and O–H groups in total. The topological polar surface area (TPSA) is 52.6 Å². The van der Waals surface area contributed by atoms with Gasteiger partial charge in [0, 0.05) is 19.1 Å². The molecule has 4 nitrogen and oxygen atoms in total. The maximum atomic E-state index is 13.7. The van der Waals surface area contributed by atoms with Gasteiger partial charge in [-0.3, -0.25) is 4.79 Å². The number of anilines is 1. The molecule has 1 amide bonds. The summed E-state index contributed by atoms with van der Waals surface area (Å²) in [7, 11) is 0. The van der Waals surface area contributed by atoms with Crippen LogP contribution >= 0.6 is 0 Å². The average Bonchev–Trinajstić information content (AvgIpc) is 2.58. The Bertz CT molecular complexity index is 564. The number of piperidine rings is 1. The van der Waals surface area contributed by atoms with E-state index in [0.717, 1.165) is 44.9 Å². The van der Waals surface area contributed by atoms with Crippen LogP contribution in [0.1, 0.15) is 51.4 Å². The molecule has 1 aromatic carbocycles. The van der Waals surface area contributed by atoms with Crippen molar-refractivity contribution in [2.75, 3.05) is 18.4 Å². The Kier molecular flexibility index (Phi) is 5.39. The number of rotatable bonds is 4. The number of carbonyl (C=O) groups excluding carboxylic acids is 1. The summed E-state index contributed by atoms with van der Waals surface area (Å²) in [5, 5.41) is 13.8. The number of nitrogens with one attached hydrogen (secondary N) is 1. The first kappa shape index (κ1) is 17.2. The summed E-state index contributed by atoms with van der Waals surface area (Å²) in [4.78, 5) is 14.3. The lowest BCUT2D eigenvalue weighted by Crippen LogP contribution is -2.46. The maximum absolute atomic E-state index is 13.7. The van der Waals surface area contributed by atoms with Gasteiger partial charge in [0.05, 0.1) is 17.7 Å². The number of hydrogen-bond donors (Lipinski definition) is 2. The highest BCUT2D eigenvalue weighted by Gasteiger charge is 2.34. The number of likely N-dealkylation sites (tertiary alicyclic amines) is 1. The molecule has 0 unspecified atom stereocenters. The molecule has 0 radical (unpaired) electrons. The Balaban J connectivity index is 1.48. The third-order valence-corrected chi connectivity index (χ3v) is 5.35. The molecule has 24 heavy (non-hydrogen) atoms. The van der Waals surface area contributed by atoms with Crippen LogP contribution in [-0.2, 0) is 4.79 Å². The lowest BCUT2D eigenvalue weighted by atomic mass is 9.82. The van der Waals surface area contributed by atoms with Crippen LogP contribution in [0.3, 0.4) is 0 Å². The van der Waals surface area contributed by atoms with E-state index in [2.05, 4.69) is 5.32 Å². The fourth-order valence-corrected chi connectivity index (χ4v) is 3.85. The van der Waals surface area contributed by atoms with E-state index in [1.165, 1.54) is 6.07 Å². The second-order valence-corrected chi connectivity index (χ2v) is 7.24. The summed E-state index contributed by atoms with van der Waals surface area (Å²) in [6.07, 6.45) is 6.52. The van der Waals surface area contributed by atoms with Crippen molar-refractivity contribution in [3.63, 3.8) is 0 Å². The van der Waals surface area contributed by atoms with Crippen LogP contribution in [0.25, 0.3) is 0 Å². The van der Waals surface area contributed by atoms with E-state index in [1.807, 2.05) is 11.0 Å². The van der Waals surface area contributed by atoms with Crippen LogP contribution in [0.4, 0.5) is 10.1 Å². The van der Waals surface area contributed by atoms with Gasteiger partial charge in [-0.1, -0.05) is 31.4 Å². The maximum Gasteiger partial charge on any atom is 0.225 e. The molecule has 132 valence electrons. The van der Waals surface area contributed by atoms with Gasteiger partial charge >= 0.3 is 0 Å². The largest absolute Gasteiger partial charge is 0.389 e. The van der Waals surface area contributed by atoms with E-state index < -0.39 is 5.60 Å². The smallest absolute Gasteiger partial charge is 0.225 e. The van der Waals surface area contributed by atoms with Crippen LogP contribution in [0, 0.1) is 5.82 Å². The second kappa shape index (κ2) is 7.51. The zero-order valence-corrected chi connectivity index (χ0v) is 14.1. The molecular formula is C19H27FN2O2. The summed E-state index contributed by atoms with van der Waals surface area (Å²) in [5.74, 6) is -0.181. The summed E-state index contributed by atoms with van der Waals surface area (Å²) >= 11 is 0. The Morgan fingerprint density at radius 3 is 2.54 bits per heavy atom. The van der Waals surface area contributed by atoms with Crippen LogP contribution in [-0.4, -0.2) is 40.6 Å². The second-order valence-electron chi connectivity index (χ2n) is 7.24. The molecule has 1 saturated carbocycles. The summed E-state index contributed by atoms with van der Waals surface area (Å²) in [6, 6.07) is 6.87.